The number of carbonyl (C=O) groups excluding carboxylic acids is 2. The van der Waals surface area contributed by atoms with Gasteiger partial charge in [0.2, 0.25) is 11.8 Å². The van der Waals surface area contributed by atoms with Crippen LogP contribution in [0.4, 0.5) is 0 Å². The Morgan fingerprint density at radius 2 is 1.55 bits per heavy atom. The van der Waals surface area contributed by atoms with Gasteiger partial charge < -0.3 is 19.7 Å². The summed E-state index contributed by atoms with van der Waals surface area (Å²) in [6.07, 6.45) is 1.96. The summed E-state index contributed by atoms with van der Waals surface area (Å²) in [5.41, 5.74) is 2.85. The second kappa shape index (κ2) is 14.4. The summed E-state index contributed by atoms with van der Waals surface area (Å²) < 4.78 is 10.8. The first kappa shape index (κ1) is 29.1. The van der Waals surface area contributed by atoms with Crippen LogP contribution in [0.25, 0.3) is 0 Å². The molecule has 38 heavy (non-hydrogen) atoms. The minimum atomic E-state index is -0.667. The fourth-order valence-electron chi connectivity index (χ4n) is 4.21. The Hall–Kier alpha value is -3.51. The van der Waals surface area contributed by atoms with Crippen molar-refractivity contribution < 1.29 is 19.1 Å². The molecule has 0 saturated heterocycles. The Morgan fingerprint density at radius 3 is 2.18 bits per heavy atom. The number of benzene rings is 3. The number of hydrogen-bond acceptors (Lipinski definition) is 4. The van der Waals surface area contributed by atoms with Gasteiger partial charge in [0.15, 0.2) is 11.5 Å². The Labute approximate surface area is 230 Å². The molecular weight excluding hydrogens is 500 g/mol. The van der Waals surface area contributed by atoms with E-state index < -0.39 is 6.04 Å². The molecule has 2 atom stereocenters. The highest BCUT2D eigenvalue weighted by atomic mass is 35.5. The summed E-state index contributed by atoms with van der Waals surface area (Å²) in [6, 6.07) is 22.2. The molecule has 0 spiro atoms. The molecule has 0 aliphatic rings. The highest BCUT2D eigenvalue weighted by molar-refractivity contribution is 6.30. The lowest BCUT2D eigenvalue weighted by Crippen LogP contribution is -2.52. The molecule has 3 aromatic rings. The van der Waals surface area contributed by atoms with E-state index in [0.29, 0.717) is 35.9 Å². The highest BCUT2D eigenvalue weighted by Gasteiger charge is 2.30. The van der Waals surface area contributed by atoms with Crippen molar-refractivity contribution in [2.24, 2.45) is 0 Å². The minimum absolute atomic E-state index is 0.0000197. The number of ether oxygens (including phenoxy) is 2. The Morgan fingerprint density at radius 1 is 0.895 bits per heavy atom. The van der Waals surface area contributed by atoms with E-state index in [0.717, 1.165) is 23.1 Å². The molecule has 0 aromatic heterocycles. The first-order valence-electron chi connectivity index (χ1n) is 12.9. The van der Waals surface area contributed by atoms with Gasteiger partial charge in [-0.15, -0.1) is 0 Å². The second-order valence-corrected chi connectivity index (χ2v) is 9.80. The van der Waals surface area contributed by atoms with Crippen LogP contribution in [-0.2, 0) is 29.0 Å². The van der Waals surface area contributed by atoms with Gasteiger partial charge >= 0.3 is 0 Å². The summed E-state index contributed by atoms with van der Waals surface area (Å²) in [5.74, 6) is 0.994. The van der Waals surface area contributed by atoms with Crippen molar-refractivity contribution in [1.82, 2.24) is 10.2 Å². The minimum Gasteiger partial charge on any atom is -0.493 e. The number of amides is 2. The molecule has 7 heteroatoms. The van der Waals surface area contributed by atoms with Crippen molar-refractivity contribution in [2.45, 2.75) is 58.2 Å². The molecule has 202 valence electrons. The third-order valence-electron chi connectivity index (χ3n) is 6.61. The number of nitrogens with zero attached hydrogens (tertiary/aromatic N) is 1. The zero-order valence-electron chi connectivity index (χ0n) is 22.6. The summed E-state index contributed by atoms with van der Waals surface area (Å²) in [7, 11) is 3.18. The molecule has 0 aliphatic carbocycles. The van der Waals surface area contributed by atoms with Crippen molar-refractivity contribution in [3.05, 3.63) is 94.5 Å². The fourth-order valence-corrected chi connectivity index (χ4v) is 4.34. The topological polar surface area (TPSA) is 67.9 Å². The molecule has 0 fully saturated rings. The number of hydrogen-bond donors (Lipinski definition) is 1. The average Bonchev–Trinajstić information content (AvgIpc) is 2.94. The number of methoxy groups -OCH3 is 2. The van der Waals surface area contributed by atoms with Gasteiger partial charge in [0.05, 0.1) is 14.2 Å². The molecular formula is C31H37ClN2O4. The molecule has 0 aliphatic heterocycles. The van der Waals surface area contributed by atoms with E-state index in [9.17, 15) is 9.59 Å². The van der Waals surface area contributed by atoms with Crippen LogP contribution in [-0.4, -0.2) is 43.0 Å². The monoisotopic (exact) mass is 536 g/mol. The normalized spacial score (nSPS) is 12.3. The van der Waals surface area contributed by atoms with Gasteiger partial charge in [-0.2, -0.15) is 0 Å². The van der Waals surface area contributed by atoms with Crippen LogP contribution in [0, 0.1) is 0 Å². The SMILES string of the molecule is CCC(C)NC(=O)C(Cc1ccccc1)N(Cc1ccc(Cl)cc1)C(=O)CCc1ccc(OC)c(OC)c1. The number of halogens is 1. The van der Waals surface area contributed by atoms with E-state index >= 15 is 0 Å². The van der Waals surface area contributed by atoms with E-state index in [1.807, 2.05) is 74.5 Å². The molecule has 0 bridgehead atoms. The first-order valence-corrected chi connectivity index (χ1v) is 13.3. The molecule has 0 heterocycles. The van der Waals surface area contributed by atoms with Gasteiger partial charge in [-0.05, 0) is 60.7 Å². The summed E-state index contributed by atoms with van der Waals surface area (Å²) >= 11 is 6.10. The van der Waals surface area contributed by atoms with Gasteiger partial charge in [-0.3, -0.25) is 9.59 Å². The Balaban J connectivity index is 1.90. The van der Waals surface area contributed by atoms with Gasteiger partial charge in [-0.1, -0.05) is 67.1 Å². The zero-order chi connectivity index (χ0) is 27.5. The number of rotatable bonds is 13. The average molecular weight is 537 g/mol. The molecule has 0 radical (unpaired) electrons. The van der Waals surface area contributed by atoms with Crippen molar-refractivity contribution in [3.63, 3.8) is 0 Å². The standard InChI is InChI=1S/C31H37ClN2O4/c1-5-22(2)33-31(36)27(19-23-9-7-6-8-10-23)34(21-25-11-15-26(32)16-12-25)30(35)18-14-24-13-17-28(37-3)29(20-24)38-4/h6-13,15-17,20,22,27H,5,14,18-19,21H2,1-4H3,(H,33,36). The first-order chi connectivity index (χ1) is 18.3. The van der Waals surface area contributed by atoms with Gasteiger partial charge in [0, 0.05) is 30.5 Å². The number of carbonyl (C=O) groups is 2. The van der Waals surface area contributed by atoms with Crippen molar-refractivity contribution >= 4 is 23.4 Å². The lowest BCUT2D eigenvalue weighted by Gasteiger charge is -2.32. The molecule has 1 N–H and O–H groups in total. The Bertz CT molecular complexity index is 1180. The second-order valence-electron chi connectivity index (χ2n) is 9.36. The summed E-state index contributed by atoms with van der Waals surface area (Å²) in [5, 5.41) is 3.72. The maximum atomic E-state index is 13.8. The van der Waals surface area contributed by atoms with E-state index in [2.05, 4.69) is 5.32 Å². The maximum Gasteiger partial charge on any atom is 0.243 e. The van der Waals surface area contributed by atoms with Crippen LogP contribution < -0.4 is 14.8 Å². The van der Waals surface area contributed by atoms with E-state index in [-0.39, 0.29) is 24.3 Å². The molecule has 2 unspecified atom stereocenters. The van der Waals surface area contributed by atoms with Gasteiger partial charge in [0.1, 0.15) is 6.04 Å². The lowest BCUT2D eigenvalue weighted by molar-refractivity contribution is -0.141. The van der Waals surface area contributed by atoms with Crippen LogP contribution in [0.1, 0.15) is 43.4 Å². The third kappa shape index (κ3) is 8.25. The van der Waals surface area contributed by atoms with Crippen LogP contribution in [0.15, 0.2) is 72.8 Å². The molecule has 3 aromatic carbocycles. The lowest BCUT2D eigenvalue weighted by atomic mass is 10.0. The number of aryl methyl sites for hydroxylation is 1. The third-order valence-corrected chi connectivity index (χ3v) is 6.87. The predicted octanol–water partition coefficient (Wildman–Crippen LogP) is 5.84. The quantitative estimate of drug-likeness (QED) is 0.298. The largest absolute Gasteiger partial charge is 0.493 e. The van der Waals surface area contributed by atoms with Crippen molar-refractivity contribution in [2.75, 3.05) is 14.2 Å². The van der Waals surface area contributed by atoms with Crippen LogP contribution in [0.2, 0.25) is 5.02 Å². The predicted molar refractivity (Wildman–Crippen MR) is 152 cm³/mol. The number of nitrogens with one attached hydrogen (secondary N) is 1. The van der Waals surface area contributed by atoms with E-state index in [4.69, 9.17) is 21.1 Å². The Kier molecular flexibility index (Phi) is 11.0. The molecule has 0 saturated carbocycles. The van der Waals surface area contributed by atoms with Crippen LogP contribution >= 0.6 is 11.6 Å². The molecule has 6 nitrogen and oxygen atoms in total. The fraction of sp³-hybridized carbons (Fsp3) is 0.355. The van der Waals surface area contributed by atoms with Crippen LogP contribution in [0.5, 0.6) is 11.5 Å². The van der Waals surface area contributed by atoms with E-state index in [1.165, 1.54) is 0 Å². The summed E-state index contributed by atoms with van der Waals surface area (Å²) in [4.78, 5) is 29.1. The smallest absolute Gasteiger partial charge is 0.243 e. The molecule has 3 rings (SSSR count). The van der Waals surface area contributed by atoms with Crippen molar-refractivity contribution in [1.29, 1.82) is 0 Å². The summed E-state index contributed by atoms with van der Waals surface area (Å²) in [6.45, 7) is 4.30. The van der Waals surface area contributed by atoms with Crippen molar-refractivity contribution in [3.8, 4) is 11.5 Å². The van der Waals surface area contributed by atoms with Gasteiger partial charge in [-0.25, -0.2) is 0 Å². The van der Waals surface area contributed by atoms with Gasteiger partial charge in [0.25, 0.3) is 0 Å². The zero-order valence-corrected chi connectivity index (χ0v) is 23.3. The highest BCUT2D eigenvalue weighted by Crippen LogP contribution is 2.28. The van der Waals surface area contributed by atoms with Crippen LogP contribution in [0.3, 0.4) is 0 Å². The maximum absolute atomic E-state index is 13.8. The van der Waals surface area contributed by atoms with E-state index in [1.54, 1.807) is 31.3 Å². The molecule has 2 amide bonds.